The van der Waals surface area contributed by atoms with Crippen LogP contribution in [-0.2, 0) is 4.79 Å². The number of thiophene rings is 1. The van der Waals surface area contributed by atoms with Crippen LogP contribution in [0.25, 0.3) is 0 Å². The van der Waals surface area contributed by atoms with E-state index < -0.39 is 5.92 Å². The van der Waals surface area contributed by atoms with Crippen molar-refractivity contribution in [3.8, 4) is 11.5 Å². The van der Waals surface area contributed by atoms with Gasteiger partial charge >= 0.3 is 0 Å². The van der Waals surface area contributed by atoms with Gasteiger partial charge in [-0.15, -0.1) is 11.3 Å². The van der Waals surface area contributed by atoms with Crippen molar-refractivity contribution in [3.63, 3.8) is 0 Å². The van der Waals surface area contributed by atoms with E-state index >= 15 is 0 Å². The van der Waals surface area contributed by atoms with Crippen molar-refractivity contribution in [1.29, 1.82) is 0 Å². The van der Waals surface area contributed by atoms with Gasteiger partial charge in [0.2, 0.25) is 0 Å². The molecule has 1 atom stereocenters. The first-order chi connectivity index (χ1) is 17.6. The number of amides is 1. The van der Waals surface area contributed by atoms with Crippen LogP contribution in [0, 0.1) is 5.41 Å². The number of nitrogens with one attached hydrogen (secondary N) is 2. The van der Waals surface area contributed by atoms with Gasteiger partial charge in [0.15, 0.2) is 17.3 Å². The third-order valence-corrected chi connectivity index (χ3v) is 8.28. The lowest BCUT2D eigenvalue weighted by atomic mass is 9.69. The van der Waals surface area contributed by atoms with Gasteiger partial charge in [0.05, 0.1) is 35.6 Å². The van der Waals surface area contributed by atoms with Crippen LogP contribution in [0.15, 0.2) is 53.7 Å². The molecule has 0 spiro atoms. The Hall–Kier alpha value is -3.49. The van der Waals surface area contributed by atoms with Gasteiger partial charge < -0.3 is 25.8 Å². The molecule has 0 unspecified atom stereocenters. The lowest BCUT2D eigenvalue weighted by molar-refractivity contribution is -0.118. The smallest absolute Gasteiger partial charge is 0.267 e. The second-order valence-electron chi connectivity index (χ2n) is 10.0. The molecule has 1 aromatic heterocycles. The summed E-state index contributed by atoms with van der Waals surface area (Å²) in [4.78, 5) is 27.2. The van der Waals surface area contributed by atoms with Crippen molar-refractivity contribution in [2.24, 2.45) is 5.41 Å². The van der Waals surface area contributed by atoms with Crippen LogP contribution >= 0.6 is 22.9 Å². The molecule has 3 aromatic rings. The largest absolute Gasteiger partial charge is 0.493 e. The number of fused-ring (bicyclic) bond motifs is 1. The van der Waals surface area contributed by atoms with E-state index in [2.05, 4.69) is 24.5 Å². The molecule has 1 amide bonds. The van der Waals surface area contributed by atoms with E-state index in [9.17, 15) is 9.59 Å². The molecule has 0 bridgehead atoms. The SMILES string of the molecule is COc1ccc([C@H]2C3=C(CC(C)(C)CC3=O)Nc3sc(C(=O)Nc4ccccc4Cl)c(N)c32)cc1OC. The van der Waals surface area contributed by atoms with E-state index in [1.807, 2.05) is 18.2 Å². The minimum atomic E-state index is -0.451. The van der Waals surface area contributed by atoms with Crippen LogP contribution in [0.5, 0.6) is 11.5 Å². The standard InChI is InChI=1S/C28H28ClN3O4S/c1-28(2)12-17-22(18(33)13-28)21(14-9-10-19(35-3)20(11-14)36-4)23-24(30)25(37-27(23)32-17)26(34)31-16-8-6-5-7-15(16)29/h5-11,21,32H,12-13,30H2,1-4H3,(H,31,34)/t21-/m0/s1. The summed E-state index contributed by atoms with van der Waals surface area (Å²) in [5.41, 5.74) is 10.4. The van der Waals surface area contributed by atoms with Crippen molar-refractivity contribution in [2.75, 3.05) is 30.6 Å². The Morgan fingerprint density at radius 3 is 2.57 bits per heavy atom. The number of Topliss-reactive ketones (excluding diaryl/α,β-unsaturated/α-hetero) is 1. The molecule has 2 aliphatic rings. The number of anilines is 3. The summed E-state index contributed by atoms with van der Waals surface area (Å²) in [5, 5.41) is 7.51. The van der Waals surface area contributed by atoms with E-state index in [0.717, 1.165) is 16.3 Å². The molecular formula is C28H28ClN3O4S. The average Bonchev–Trinajstić information content (AvgIpc) is 3.18. The number of allylic oxidation sites excluding steroid dienone is 2. The molecular weight excluding hydrogens is 510 g/mol. The maximum atomic E-state index is 13.6. The molecule has 0 radical (unpaired) electrons. The summed E-state index contributed by atoms with van der Waals surface area (Å²) in [6, 6.07) is 12.6. The van der Waals surface area contributed by atoms with Gasteiger partial charge in [-0.1, -0.05) is 43.6 Å². The second kappa shape index (κ2) is 9.43. The number of hydrogen-bond donors (Lipinski definition) is 3. The van der Waals surface area contributed by atoms with E-state index in [-0.39, 0.29) is 17.1 Å². The van der Waals surface area contributed by atoms with Crippen molar-refractivity contribution in [3.05, 3.63) is 74.8 Å². The van der Waals surface area contributed by atoms with Gasteiger partial charge in [0, 0.05) is 29.2 Å². The third-order valence-electron chi connectivity index (χ3n) is 6.81. The summed E-state index contributed by atoms with van der Waals surface area (Å²) >= 11 is 7.53. The number of benzene rings is 2. The molecule has 192 valence electrons. The Kier molecular flexibility index (Phi) is 6.41. The van der Waals surface area contributed by atoms with Gasteiger partial charge in [-0.25, -0.2) is 0 Å². The molecule has 9 heteroatoms. The summed E-state index contributed by atoms with van der Waals surface area (Å²) < 4.78 is 11.0. The zero-order chi connectivity index (χ0) is 26.5. The average molecular weight is 538 g/mol. The number of halogens is 1. The molecule has 0 saturated heterocycles. The minimum absolute atomic E-state index is 0.0665. The quantitative estimate of drug-likeness (QED) is 0.345. The molecule has 0 saturated carbocycles. The number of nitrogen functional groups attached to an aromatic ring is 1. The van der Waals surface area contributed by atoms with Crippen molar-refractivity contribution >= 4 is 51.0 Å². The fourth-order valence-corrected chi connectivity index (χ4v) is 6.44. The van der Waals surface area contributed by atoms with E-state index in [1.54, 1.807) is 38.5 Å². The lowest BCUT2D eigenvalue weighted by Gasteiger charge is -2.38. The Morgan fingerprint density at radius 2 is 1.86 bits per heavy atom. The number of para-hydroxylation sites is 1. The zero-order valence-electron chi connectivity index (χ0n) is 21.0. The number of ketones is 1. The molecule has 37 heavy (non-hydrogen) atoms. The van der Waals surface area contributed by atoms with Gasteiger partial charge in [0.1, 0.15) is 4.88 Å². The fourth-order valence-electron chi connectivity index (χ4n) is 5.17. The van der Waals surface area contributed by atoms with Crippen LogP contribution in [-0.4, -0.2) is 25.9 Å². The maximum absolute atomic E-state index is 13.6. The number of nitrogens with two attached hydrogens (primary N) is 1. The first kappa shape index (κ1) is 25.2. The zero-order valence-corrected chi connectivity index (χ0v) is 22.6. The Labute approximate surface area is 224 Å². The highest BCUT2D eigenvalue weighted by molar-refractivity contribution is 7.19. The molecule has 2 aromatic carbocycles. The van der Waals surface area contributed by atoms with Gasteiger partial charge in [-0.05, 0) is 41.7 Å². The van der Waals surface area contributed by atoms with Gasteiger partial charge in [-0.3, -0.25) is 9.59 Å². The predicted octanol–water partition coefficient (Wildman–Crippen LogP) is 6.45. The molecule has 1 aliphatic heterocycles. The highest BCUT2D eigenvalue weighted by Crippen LogP contribution is 2.54. The molecule has 7 nitrogen and oxygen atoms in total. The van der Waals surface area contributed by atoms with Crippen molar-refractivity contribution in [2.45, 2.75) is 32.6 Å². The highest BCUT2D eigenvalue weighted by atomic mass is 35.5. The number of methoxy groups -OCH3 is 2. The van der Waals surface area contributed by atoms with Crippen LogP contribution in [0.1, 0.15) is 53.4 Å². The van der Waals surface area contributed by atoms with Crippen LogP contribution in [0.3, 0.4) is 0 Å². The number of carbonyl (C=O) groups excluding carboxylic acids is 2. The summed E-state index contributed by atoms with van der Waals surface area (Å²) in [6.45, 7) is 4.17. The van der Waals surface area contributed by atoms with Gasteiger partial charge in [-0.2, -0.15) is 0 Å². The summed E-state index contributed by atoms with van der Waals surface area (Å²) in [5.74, 6) is 0.396. The molecule has 0 fully saturated rings. The topological polar surface area (TPSA) is 103 Å². The first-order valence-electron chi connectivity index (χ1n) is 11.9. The van der Waals surface area contributed by atoms with Crippen LogP contribution < -0.4 is 25.8 Å². The van der Waals surface area contributed by atoms with Crippen LogP contribution in [0.2, 0.25) is 5.02 Å². The molecule has 4 N–H and O–H groups in total. The first-order valence-corrected chi connectivity index (χ1v) is 13.1. The maximum Gasteiger partial charge on any atom is 0.267 e. The number of ether oxygens (including phenoxy) is 2. The van der Waals surface area contributed by atoms with E-state index in [4.69, 9.17) is 26.8 Å². The third kappa shape index (κ3) is 4.45. The second-order valence-corrected chi connectivity index (χ2v) is 11.5. The number of carbonyl (C=O) groups is 2. The van der Waals surface area contributed by atoms with Crippen molar-refractivity contribution in [1.82, 2.24) is 0 Å². The molecule has 5 rings (SSSR count). The molecule has 2 heterocycles. The van der Waals surface area contributed by atoms with E-state index in [0.29, 0.717) is 56.8 Å². The number of hydrogen-bond acceptors (Lipinski definition) is 7. The summed E-state index contributed by atoms with van der Waals surface area (Å²) in [7, 11) is 3.15. The Balaban J connectivity index is 1.65. The molecule has 1 aliphatic carbocycles. The summed E-state index contributed by atoms with van der Waals surface area (Å²) in [6.07, 6.45) is 1.13. The van der Waals surface area contributed by atoms with Crippen LogP contribution in [0.4, 0.5) is 16.4 Å². The minimum Gasteiger partial charge on any atom is -0.493 e. The fraction of sp³-hybridized carbons (Fsp3) is 0.286. The Morgan fingerprint density at radius 1 is 1.14 bits per heavy atom. The predicted molar refractivity (Wildman–Crippen MR) is 148 cm³/mol. The van der Waals surface area contributed by atoms with Gasteiger partial charge in [0.25, 0.3) is 5.91 Å². The monoisotopic (exact) mass is 537 g/mol. The lowest BCUT2D eigenvalue weighted by Crippen LogP contribution is -2.33. The normalized spacial score (nSPS) is 18.0. The Bertz CT molecular complexity index is 1460. The highest BCUT2D eigenvalue weighted by Gasteiger charge is 2.43. The number of rotatable bonds is 5. The van der Waals surface area contributed by atoms with Crippen molar-refractivity contribution < 1.29 is 19.1 Å². The van der Waals surface area contributed by atoms with E-state index in [1.165, 1.54) is 11.3 Å².